The van der Waals surface area contributed by atoms with Gasteiger partial charge in [-0.1, -0.05) is 0 Å². The summed E-state index contributed by atoms with van der Waals surface area (Å²) >= 11 is 0. The van der Waals surface area contributed by atoms with E-state index >= 15 is 0 Å². The maximum atomic E-state index is 12.8. The summed E-state index contributed by atoms with van der Waals surface area (Å²) in [5, 5.41) is 2.56. The molecule has 0 saturated heterocycles. The van der Waals surface area contributed by atoms with E-state index in [0.717, 1.165) is 6.07 Å². The first kappa shape index (κ1) is 15.8. The van der Waals surface area contributed by atoms with E-state index in [1.54, 1.807) is 6.92 Å². The van der Waals surface area contributed by atoms with Gasteiger partial charge in [-0.3, -0.25) is 4.79 Å². The lowest BCUT2D eigenvalue weighted by molar-refractivity contribution is -0.121. The lowest BCUT2D eigenvalue weighted by atomic mass is 10.1. The molecule has 1 aromatic carbocycles. The van der Waals surface area contributed by atoms with Gasteiger partial charge < -0.3 is 11.1 Å². The number of amides is 1. The molecule has 3 nitrogen and oxygen atoms in total. The average Bonchev–Trinajstić information content (AvgIpc) is 2.15. The Morgan fingerprint density at radius 2 is 1.88 bits per heavy atom. The van der Waals surface area contributed by atoms with Crippen LogP contribution in [0.2, 0.25) is 0 Å². The molecule has 0 heterocycles. The molecule has 0 radical (unpaired) electrons. The van der Waals surface area contributed by atoms with Gasteiger partial charge >= 0.3 is 0 Å². The zero-order chi connectivity index (χ0) is 12.1. The summed E-state index contributed by atoms with van der Waals surface area (Å²) in [6.45, 7) is 1.88. The van der Waals surface area contributed by atoms with Crippen molar-refractivity contribution in [1.82, 2.24) is 5.32 Å². The Kier molecular flexibility index (Phi) is 6.68. The molecule has 0 aromatic heterocycles. The van der Waals surface area contributed by atoms with Crippen LogP contribution >= 0.6 is 12.4 Å². The maximum Gasteiger partial charge on any atom is 0.236 e. The van der Waals surface area contributed by atoms with Gasteiger partial charge in [-0.15, -0.1) is 12.4 Å². The van der Waals surface area contributed by atoms with Crippen LogP contribution in [-0.2, 0) is 11.2 Å². The van der Waals surface area contributed by atoms with Crippen molar-refractivity contribution in [1.29, 1.82) is 0 Å². The summed E-state index contributed by atoms with van der Waals surface area (Å²) < 4.78 is 25.6. The molecule has 6 heteroatoms. The highest BCUT2D eigenvalue weighted by Crippen LogP contribution is 2.07. The molecular weight excluding hydrogens is 250 g/mol. The molecule has 3 N–H and O–H groups in total. The largest absolute Gasteiger partial charge is 0.354 e. The monoisotopic (exact) mass is 264 g/mol. The topological polar surface area (TPSA) is 55.1 Å². The minimum atomic E-state index is -0.617. The second-order valence-electron chi connectivity index (χ2n) is 3.61. The number of benzene rings is 1. The summed E-state index contributed by atoms with van der Waals surface area (Å²) in [6, 6.07) is 2.70. The van der Waals surface area contributed by atoms with Crippen LogP contribution in [0.1, 0.15) is 12.5 Å². The molecule has 0 spiro atoms. The van der Waals surface area contributed by atoms with Crippen molar-refractivity contribution in [3.63, 3.8) is 0 Å². The Balaban J connectivity index is 0.00000256. The Morgan fingerprint density at radius 1 is 1.35 bits per heavy atom. The van der Waals surface area contributed by atoms with Crippen LogP contribution in [0.15, 0.2) is 18.2 Å². The number of nitrogens with two attached hydrogens (primary N) is 1. The van der Waals surface area contributed by atoms with Crippen LogP contribution in [0.4, 0.5) is 8.78 Å². The molecule has 1 amide bonds. The molecule has 1 aromatic rings. The number of halogens is 3. The molecular formula is C11H15ClF2N2O. The van der Waals surface area contributed by atoms with E-state index in [9.17, 15) is 13.6 Å². The van der Waals surface area contributed by atoms with Crippen LogP contribution in [0, 0.1) is 11.6 Å². The number of hydrogen-bond acceptors (Lipinski definition) is 2. The molecule has 0 aliphatic heterocycles. The predicted octanol–water partition coefficient (Wildman–Crippen LogP) is 1.39. The number of nitrogens with one attached hydrogen (secondary N) is 1. The second kappa shape index (κ2) is 7.19. The fraction of sp³-hybridized carbons (Fsp3) is 0.364. The van der Waals surface area contributed by atoms with E-state index in [1.807, 2.05) is 0 Å². The molecule has 17 heavy (non-hydrogen) atoms. The van der Waals surface area contributed by atoms with Gasteiger partial charge in [-0.25, -0.2) is 8.78 Å². The van der Waals surface area contributed by atoms with Gasteiger partial charge in [-0.2, -0.15) is 0 Å². The summed E-state index contributed by atoms with van der Waals surface area (Å²) in [5.74, 6) is -1.51. The lowest BCUT2D eigenvalue weighted by Gasteiger charge is -2.07. The third-order valence-corrected chi connectivity index (χ3v) is 2.05. The van der Waals surface area contributed by atoms with Gasteiger partial charge in [0, 0.05) is 12.6 Å². The molecule has 1 rings (SSSR count). The van der Waals surface area contributed by atoms with Gasteiger partial charge in [0.15, 0.2) is 0 Å². The fourth-order valence-corrected chi connectivity index (χ4v) is 1.25. The summed E-state index contributed by atoms with van der Waals surface area (Å²) in [6.07, 6.45) is 0.368. The van der Waals surface area contributed by atoms with Crippen molar-refractivity contribution in [2.75, 3.05) is 6.54 Å². The zero-order valence-corrected chi connectivity index (χ0v) is 10.2. The second-order valence-corrected chi connectivity index (χ2v) is 3.61. The highest BCUT2D eigenvalue weighted by Gasteiger charge is 2.06. The predicted molar refractivity (Wildman–Crippen MR) is 64.0 cm³/mol. The normalized spacial score (nSPS) is 11.5. The van der Waals surface area contributed by atoms with Crippen LogP contribution in [0.3, 0.4) is 0 Å². The molecule has 1 atom stereocenters. The van der Waals surface area contributed by atoms with Crippen molar-refractivity contribution in [2.45, 2.75) is 19.4 Å². The molecule has 0 bridgehead atoms. The zero-order valence-electron chi connectivity index (χ0n) is 9.37. The average molecular weight is 265 g/mol. The number of carbonyl (C=O) groups excluding carboxylic acids is 1. The molecule has 0 aliphatic rings. The number of rotatable bonds is 4. The molecule has 0 saturated carbocycles. The lowest BCUT2D eigenvalue weighted by Crippen LogP contribution is -2.39. The van der Waals surface area contributed by atoms with E-state index in [4.69, 9.17) is 5.73 Å². The van der Waals surface area contributed by atoms with Crippen LogP contribution < -0.4 is 11.1 Å². The minimum absolute atomic E-state index is 0. The molecule has 0 aliphatic carbocycles. The van der Waals surface area contributed by atoms with Crippen molar-refractivity contribution in [3.8, 4) is 0 Å². The van der Waals surface area contributed by atoms with Crippen LogP contribution in [-0.4, -0.2) is 18.5 Å². The first-order valence-corrected chi connectivity index (χ1v) is 4.97. The molecule has 0 unspecified atom stereocenters. The van der Waals surface area contributed by atoms with E-state index in [-0.39, 0.29) is 18.3 Å². The van der Waals surface area contributed by atoms with Crippen molar-refractivity contribution in [2.24, 2.45) is 5.73 Å². The summed E-state index contributed by atoms with van der Waals surface area (Å²) in [7, 11) is 0. The van der Waals surface area contributed by atoms with Gasteiger partial charge in [0.05, 0.1) is 6.04 Å². The smallest absolute Gasteiger partial charge is 0.236 e. The van der Waals surface area contributed by atoms with E-state index in [2.05, 4.69) is 5.32 Å². The standard InChI is InChI=1S/C11H14F2N2O.ClH/c1-7(14)11(16)15-3-2-8-4-9(12)6-10(13)5-8;/h4-7H,2-3,14H2,1H3,(H,15,16);1H/t7-;/m1./s1. The Bertz CT molecular complexity index is 365. The van der Waals surface area contributed by atoms with Gasteiger partial charge in [0.1, 0.15) is 11.6 Å². The van der Waals surface area contributed by atoms with E-state index in [1.165, 1.54) is 12.1 Å². The quantitative estimate of drug-likeness (QED) is 0.864. The Labute approximate surface area is 105 Å². The van der Waals surface area contributed by atoms with Crippen molar-refractivity contribution < 1.29 is 13.6 Å². The Hall–Kier alpha value is -1.20. The van der Waals surface area contributed by atoms with E-state index < -0.39 is 17.7 Å². The van der Waals surface area contributed by atoms with Crippen molar-refractivity contribution in [3.05, 3.63) is 35.4 Å². The first-order chi connectivity index (χ1) is 7.49. The Morgan fingerprint density at radius 3 is 2.35 bits per heavy atom. The highest BCUT2D eigenvalue weighted by atomic mass is 35.5. The molecule has 0 fully saturated rings. The molecule has 96 valence electrons. The van der Waals surface area contributed by atoms with Crippen LogP contribution in [0.5, 0.6) is 0 Å². The summed E-state index contributed by atoms with van der Waals surface area (Å²) in [4.78, 5) is 11.1. The number of carbonyl (C=O) groups is 1. The van der Waals surface area contributed by atoms with Crippen LogP contribution in [0.25, 0.3) is 0 Å². The van der Waals surface area contributed by atoms with Crippen molar-refractivity contribution >= 4 is 18.3 Å². The van der Waals surface area contributed by atoms with Gasteiger partial charge in [-0.05, 0) is 31.0 Å². The SMILES string of the molecule is C[C@@H](N)C(=O)NCCc1cc(F)cc(F)c1.Cl. The fourth-order valence-electron chi connectivity index (χ4n) is 1.25. The van der Waals surface area contributed by atoms with Gasteiger partial charge in [0.25, 0.3) is 0 Å². The number of hydrogen-bond donors (Lipinski definition) is 2. The minimum Gasteiger partial charge on any atom is -0.354 e. The summed E-state index contributed by atoms with van der Waals surface area (Å²) in [5.41, 5.74) is 5.83. The third kappa shape index (κ3) is 5.60. The highest BCUT2D eigenvalue weighted by molar-refractivity contribution is 5.85. The van der Waals surface area contributed by atoms with Gasteiger partial charge in [0.2, 0.25) is 5.91 Å². The van der Waals surface area contributed by atoms with E-state index in [0.29, 0.717) is 18.5 Å². The first-order valence-electron chi connectivity index (χ1n) is 4.97. The maximum absolute atomic E-state index is 12.8. The third-order valence-electron chi connectivity index (χ3n) is 2.05.